The molecule has 6 bridgehead atoms. The predicted molar refractivity (Wildman–Crippen MR) is 168 cm³/mol. The van der Waals surface area contributed by atoms with E-state index in [1.54, 1.807) is 17.2 Å². The van der Waals surface area contributed by atoms with Gasteiger partial charge in [0.2, 0.25) is 0 Å². The van der Waals surface area contributed by atoms with Gasteiger partial charge in [-0.1, -0.05) is 11.6 Å². The Labute approximate surface area is 277 Å². The lowest BCUT2D eigenvalue weighted by Crippen LogP contribution is -2.46. The van der Waals surface area contributed by atoms with Crippen LogP contribution in [-0.2, 0) is 20.6 Å². The number of alkyl halides is 1. The van der Waals surface area contributed by atoms with Gasteiger partial charge in [-0.3, -0.25) is 15.0 Å². The van der Waals surface area contributed by atoms with E-state index >= 15 is 4.39 Å². The summed E-state index contributed by atoms with van der Waals surface area (Å²) in [6.07, 6.45) is 3.21. The molecule has 0 saturated carbocycles. The minimum atomic E-state index is -2.86. The number of anilines is 1. The van der Waals surface area contributed by atoms with Crippen molar-refractivity contribution in [2.24, 2.45) is 0 Å². The molecule has 3 saturated heterocycles. The summed E-state index contributed by atoms with van der Waals surface area (Å²) in [6, 6.07) is 1.49. The Morgan fingerprint density at radius 3 is 3.04 bits per heavy atom. The molecule has 8 heterocycles. The van der Waals surface area contributed by atoms with E-state index < -0.39 is 49.3 Å². The summed E-state index contributed by atoms with van der Waals surface area (Å²) >= 11 is 6.76. The quantitative estimate of drug-likeness (QED) is 0.295. The van der Waals surface area contributed by atoms with Gasteiger partial charge in [-0.05, 0) is 50.7 Å². The van der Waals surface area contributed by atoms with E-state index in [0.717, 1.165) is 19.4 Å². The molecule has 0 aliphatic carbocycles. The molecule has 9 rings (SSSR count). The Kier molecular flexibility index (Phi) is 6.73. The summed E-state index contributed by atoms with van der Waals surface area (Å²) in [6.45, 7) is -2.59. The molecule has 1 unspecified atom stereocenters. The number of nitrogens with one attached hydrogen (secondary N) is 1. The van der Waals surface area contributed by atoms with Gasteiger partial charge in [-0.2, -0.15) is 15.1 Å². The van der Waals surface area contributed by atoms with Gasteiger partial charge in [0.05, 0.1) is 49.0 Å². The Hall–Kier alpha value is -3.88. The topological polar surface area (TPSA) is 128 Å². The van der Waals surface area contributed by atoms with Crippen LogP contribution in [0.25, 0.3) is 33.1 Å². The lowest BCUT2D eigenvalue weighted by atomic mass is 9.95. The highest BCUT2D eigenvalue weighted by molar-refractivity contribution is 6.33. The second-order valence-electron chi connectivity index (χ2n) is 12.7. The number of nitrogens with zero attached hydrogens (tertiary/aromatic N) is 6. The van der Waals surface area contributed by atoms with Gasteiger partial charge in [0.25, 0.3) is 0 Å². The smallest absolute Gasteiger partial charge is 0.461 e. The van der Waals surface area contributed by atoms with Crippen LogP contribution in [0.1, 0.15) is 42.2 Å². The minimum Gasteiger partial charge on any atom is -0.461 e. The number of halogens is 3. The van der Waals surface area contributed by atoms with Crippen LogP contribution in [0.5, 0.6) is 6.01 Å². The summed E-state index contributed by atoms with van der Waals surface area (Å²) in [7, 11) is 0. The standard InChI is InChI=1S/C32H34ClF2N7O5/c1-31-15-41(7-9-44-16-31)28-21-12-36-27(24-19(4-2-8-45-30(43)47-31)22(33)10-23-20(24)13-37-40-23)25(35)26(21)38-29(39-28)46-17-32-5-3-6-42(32)14-18(34)11-32/h10,12-13,18H,2-9,11,14-17H2,1H3,(H,37,40)/t18-,31?,32+/m1/s1/i1D3. The number of benzene rings is 1. The second kappa shape index (κ2) is 11.7. The number of aromatic nitrogens is 5. The molecule has 248 valence electrons. The fraction of sp³-hybridized carbons (Fsp3) is 0.531. The van der Waals surface area contributed by atoms with Crippen molar-refractivity contribution in [3.63, 3.8) is 0 Å². The molecule has 3 aromatic heterocycles. The van der Waals surface area contributed by atoms with Crippen LogP contribution in [0.4, 0.5) is 19.4 Å². The van der Waals surface area contributed by atoms with Crippen molar-refractivity contribution < 1.29 is 36.6 Å². The van der Waals surface area contributed by atoms with E-state index in [-0.39, 0.29) is 67.6 Å². The Balaban J connectivity index is 1.33. The summed E-state index contributed by atoms with van der Waals surface area (Å²) in [5.41, 5.74) is -1.41. The van der Waals surface area contributed by atoms with Crippen molar-refractivity contribution in [1.29, 1.82) is 0 Å². The number of fused-ring (bicyclic) bond motifs is 8. The predicted octanol–water partition coefficient (Wildman–Crippen LogP) is 5.01. The summed E-state index contributed by atoms with van der Waals surface area (Å²) in [4.78, 5) is 30.5. The van der Waals surface area contributed by atoms with E-state index in [1.165, 1.54) is 6.20 Å². The number of pyridine rings is 1. The van der Waals surface area contributed by atoms with Crippen molar-refractivity contribution in [1.82, 2.24) is 30.0 Å². The average molecular weight is 673 g/mol. The van der Waals surface area contributed by atoms with Crippen LogP contribution >= 0.6 is 11.6 Å². The average Bonchev–Trinajstić information content (AvgIpc) is 3.71. The molecule has 0 radical (unpaired) electrons. The molecule has 5 aliphatic rings. The van der Waals surface area contributed by atoms with Gasteiger partial charge in [-0.15, -0.1) is 0 Å². The molecule has 4 aromatic rings. The highest BCUT2D eigenvalue weighted by atomic mass is 35.5. The lowest BCUT2D eigenvalue weighted by molar-refractivity contribution is -0.0575. The van der Waals surface area contributed by atoms with Crippen LogP contribution in [0.15, 0.2) is 18.5 Å². The van der Waals surface area contributed by atoms with Gasteiger partial charge in [0.15, 0.2) is 11.4 Å². The summed E-state index contributed by atoms with van der Waals surface area (Å²) < 4.78 is 79.9. The zero-order valence-corrected chi connectivity index (χ0v) is 26.1. The molecule has 15 heteroatoms. The third-order valence-corrected chi connectivity index (χ3v) is 9.90. The van der Waals surface area contributed by atoms with Gasteiger partial charge >= 0.3 is 12.2 Å². The Morgan fingerprint density at radius 1 is 1.23 bits per heavy atom. The Morgan fingerprint density at radius 2 is 2.15 bits per heavy atom. The zero-order chi connectivity index (χ0) is 34.8. The number of hydrogen-bond donors (Lipinski definition) is 1. The number of carbonyl (C=O) groups excluding carboxylic acids is 1. The molecule has 5 aliphatic heterocycles. The van der Waals surface area contributed by atoms with E-state index in [1.807, 2.05) is 0 Å². The third-order valence-electron chi connectivity index (χ3n) is 9.57. The number of carbonyl (C=O) groups is 1. The molecule has 1 aromatic carbocycles. The largest absolute Gasteiger partial charge is 0.508 e. The van der Waals surface area contributed by atoms with Gasteiger partial charge in [0, 0.05) is 45.8 Å². The first-order valence-electron chi connectivity index (χ1n) is 17.2. The molecule has 3 atom stereocenters. The number of hydrogen-bond acceptors (Lipinski definition) is 11. The monoisotopic (exact) mass is 672 g/mol. The maximum Gasteiger partial charge on any atom is 0.508 e. The highest BCUT2D eigenvalue weighted by Gasteiger charge is 2.49. The van der Waals surface area contributed by atoms with Crippen molar-refractivity contribution in [2.45, 2.75) is 56.3 Å². The van der Waals surface area contributed by atoms with Gasteiger partial charge < -0.3 is 23.8 Å². The molecule has 0 spiro atoms. The maximum atomic E-state index is 17.1. The fourth-order valence-corrected chi connectivity index (χ4v) is 7.74. The van der Waals surface area contributed by atoms with E-state index in [2.05, 4.69) is 30.0 Å². The van der Waals surface area contributed by atoms with Crippen LogP contribution < -0.4 is 9.64 Å². The first-order chi connectivity index (χ1) is 24.0. The number of H-pyrrole nitrogens is 1. The second-order valence-corrected chi connectivity index (χ2v) is 13.1. The molecule has 1 N–H and O–H groups in total. The molecule has 0 amide bonds. The van der Waals surface area contributed by atoms with Crippen molar-refractivity contribution >= 4 is 45.4 Å². The van der Waals surface area contributed by atoms with Crippen LogP contribution in [-0.4, -0.2) is 106 Å². The summed E-state index contributed by atoms with van der Waals surface area (Å²) in [5.74, 6) is -0.684. The van der Waals surface area contributed by atoms with Crippen molar-refractivity contribution in [3.8, 4) is 17.3 Å². The van der Waals surface area contributed by atoms with Gasteiger partial charge in [-0.25, -0.2) is 13.6 Å². The SMILES string of the molecule is [2H]C([2H])([2H])C12COCCN(C1)c1nc(OC[C@@]34CCCN3C[C@H](F)C4)nc3c(F)c(ncc13)-c1c(c(Cl)cc3[nH]ncc13)CCCOC(=O)O2. The number of ether oxygens (including phenoxy) is 4. The fourth-order valence-electron chi connectivity index (χ4n) is 7.45. The normalized spacial score (nSPS) is 28.0. The van der Waals surface area contributed by atoms with Crippen LogP contribution in [0.3, 0.4) is 0 Å². The van der Waals surface area contributed by atoms with E-state index in [9.17, 15) is 9.18 Å². The molecule has 12 nitrogen and oxygen atoms in total. The first-order valence-corrected chi connectivity index (χ1v) is 16.1. The Bertz CT molecular complexity index is 1990. The number of aromatic amines is 1. The molecule has 3 fully saturated rings. The lowest BCUT2D eigenvalue weighted by Gasteiger charge is -2.33. The molecular formula is C32H34ClF2N7O5. The maximum absolute atomic E-state index is 17.1. The molecular weight excluding hydrogens is 636 g/mol. The third kappa shape index (κ3) is 5.39. The van der Waals surface area contributed by atoms with Gasteiger partial charge in [0.1, 0.15) is 29.8 Å². The highest BCUT2D eigenvalue weighted by Crippen LogP contribution is 2.42. The van der Waals surface area contributed by atoms with Crippen LogP contribution in [0, 0.1) is 5.82 Å². The van der Waals surface area contributed by atoms with Crippen LogP contribution in [0.2, 0.25) is 5.02 Å². The minimum absolute atomic E-state index is 0.0340. The zero-order valence-electron chi connectivity index (χ0n) is 28.4. The number of rotatable bonds is 3. The van der Waals surface area contributed by atoms with Crippen molar-refractivity contribution in [3.05, 3.63) is 34.9 Å². The van der Waals surface area contributed by atoms with E-state index in [4.69, 9.17) is 34.7 Å². The van der Waals surface area contributed by atoms with E-state index in [0.29, 0.717) is 40.0 Å². The van der Waals surface area contributed by atoms with Crippen molar-refractivity contribution in [2.75, 3.05) is 57.5 Å². The summed E-state index contributed by atoms with van der Waals surface area (Å²) in [5, 5.41) is 8.06. The first kappa shape index (κ1) is 27.1. The molecule has 47 heavy (non-hydrogen) atoms.